The predicted octanol–water partition coefficient (Wildman–Crippen LogP) is 3.19. The fraction of sp³-hybridized carbons (Fsp3) is 0.500. The molecule has 1 aromatic rings. The Labute approximate surface area is 115 Å². The number of rotatable bonds is 3. The molecule has 0 aliphatic heterocycles. The van der Waals surface area contributed by atoms with E-state index in [1.165, 1.54) is 0 Å². The fourth-order valence-corrected chi connectivity index (χ4v) is 2.71. The van der Waals surface area contributed by atoms with Crippen LogP contribution in [0, 0.1) is 0 Å². The Hall–Kier alpha value is -0.870. The zero-order valence-corrected chi connectivity index (χ0v) is 11.8. The molecule has 1 aliphatic rings. The molecule has 0 unspecified atom stereocenters. The molecule has 0 atom stereocenters. The highest BCUT2D eigenvalue weighted by Gasteiger charge is 2.33. The van der Waals surface area contributed by atoms with E-state index in [9.17, 15) is 9.90 Å². The van der Waals surface area contributed by atoms with Gasteiger partial charge in [0.05, 0.1) is 6.42 Å². The number of halogens is 1. The Morgan fingerprint density at radius 3 is 2.72 bits per heavy atom. The van der Waals surface area contributed by atoms with Crippen molar-refractivity contribution >= 4 is 21.9 Å². The van der Waals surface area contributed by atoms with Gasteiger partial charge in [-0.3, -0.25) is 4.79 Å². The first-order valence-corrected chi connectivity index (χ1v) is 7.05. The van der Waals surface area contributed by atoms with Crippen molar-refractivity contribution in [2.24, 2.45) is 0 Å². The molecule has 1 saturated carbocycles. The van der Waals surface area contributed by atoms with E-state index in [2.05, 4.69) is 15.9 Å². The Bertz CT molecular complexity index is 425. The number of hydrogen-bond acceptors (Lipinski definition) is 3. The smallest absolute Gasteiger partial charge is 0.312 e. The molecular formula is C14H17BrO3. The highest BCUT2D eigenvalue weighted by atomic mass is 79.9. The number of carbonyl (C=O) groups excluding carboxylic acids is 1. The van der Waals surface area contributed by atoms with Gasteiger partial charge in [-0.05, 0) is 30.5 Å². The summed E-state index contributed by atoms with van der Waals surface area (Å²) < 4.78 is 6.16. The SMILES string of the molecule is O=C(Cc1cccc(Br)c1)OC1(O)CCCCC1. The van der Waals surface area contributed by atoms with Crippen LogP contribution in [0.15, 0.2) is 28.7 Å². The van der Waals surface area contributed by atoms with Crippen molar-refractivity contribution in [2.45, 2.75) is 44.3 Å². The van der Waals surface area contributed by atoms with E-state index < -0.39 is 5.79 Å². The highest BCUT2D eigenvalue weighted by Crippen LogP contribution is 2.29. The molecule has 0 amide bonds. The normalized spacial score (nSPS) is 18.3. The Kier molecular flexibility index (Phi) is 4.40. The first-order valence-electron chi connectivity index (χ1n) is 6.26. The van der Waals surface area contributed by atoms with Crippen LogP contribution < -0.4 is 0 Å². The van der Waals surface area contributed by atoms with E-state index in [0.717, 1.165) is 29.3 Å². The van der Waals surface area contributed by atoms with Gasteiger partial charge in [-0.15, -0.1) is 0 Å². The van der Waals surface area contributed by atoms with E-state index >= 15 is 0 Å². The van der Waals surface area contributed by atoms with Crippen molar-refractivity contribution in [1.82, 2.24) is 0 Å². The zero-order chi connectivity index (χ0) is 13.0. The van der Waals surface area contributed by atoms with Crippen LogP contribution in [-0.2, 0) is 16.0 Å². The minimum atomic E-state index is -1.23. The van der Waals surface area contributed by atoms with Crippen molar-refractivity contribution in [2.75, 3.05) is 0 Å². The van der Waals surface area contributed by atoms with E-state index in [-0.39, 0.29) is 12.4 Å². The zero-order valence-electron chi connectivity index (χ0n) is 10.2. The summed E-state index contributed by atoms with van der Waals surface area (Å²) in [5.74, 6) is -1.60. The second-order valence-corrected chi connectivity index (χ2v) is 5.70. The number of esters is 1. The largest absolute Gasteiger partial charge is 0.433 e. The molecular weight excluding hydrogens is 296 g/mol. The number of ether oxygens (including phenoxy) is 1. The second kappa shape index (κ2) is 5.85. The molecule has 3 nitrogen and oxygen atoms in total. The number of carbonyl (C=O) groups is 1. The van der Waals surface area contributed by atoms with Crippen molar-refractivity contribution < 1.29 is 14.6 Å². The molecule has 1 aliphatic carbocycles. The van der Waals surface area contributed by atoms with Gasteiger partial charge < -0.3 is 9.84 Å². The summed E-state index contributed by atoms with van der Waals surface area (Å²) in [4.78, 5) is 11.8. The molecule has 0 saturated heterocycles. The maximum atomic E-state index is 11.8. The van der Waals surface area contributed by atoms with E-state index in [1.54, 1.807) is 0 Å². The van der Waals surface area contributed by atoms with Crippen LogP contribution >= 0.6 is 15.9 Å². The minimum absolute atomic E-state index is 0.196. The Morgan fingerprint density at radius 1 is 1.33 bits per heavy atom. The fourth-order valence-electron chi connectivity index (χ4n) is 2.27. The third kappa shape index (κ3) is 3.82. The lowest BCUT2D eigenvalue weighted by Crippen LogP contribution is -2.37. The van der Waals surface area contributed by atoms with Gasteiger partial charge in [-0.2, -0.15) is 0 Å². The van der Waals surface area contributed by atoms with E-state index in [1.807, 2.05) is 24.3 Å². The quantitative estimate of drug-likeness (QED) is 0.688. The van der Waals surface area contributed by atoms with Crippen molar-refractivity contribution in [1.29, 1.82) is 0 Å². The molecule has 0 spiro atoms. The first-order chi connectivity index (χ1) is 8.57. The van der Waals surface area contributed by atoms with Gasteiger partial charge >= 0.3 is 5.97 Å². The molecule has 0 bridgehead atoms. The van der Waals surface area contributed by atoms with Gasteiger partial charge in [0, 0.05) is 17.3 Å². The lowest BCUT2D eigenvalue weighted by atomic mass is 9.94. The van der Waals surface area contributed by atoms with Gasteiger partial charge in [0.2, 0.25) is 5.79 Å². The monoisotopic (exact) mass is 312 g/mol. The van der Waals surface area contributed by atoms with Crippen LogP contribution in [0.1, 0.15) is 37.7 Å². The van der Waals surface area contributed by atoms with Crippen LogP contribution in [0.3, 0.4) is 0 Å². The average molecular weight is 313 g/mol. The van der Waals surface area contributed by atoms with Crippen molar-refractivity contribution in [3.8, 4) is 0 Å². The Balaban J connectivity index is 1.92. The summed E-state index contributed by atoms with van der Waals surface area (Å²) in [6.45, 7) is 0. The summed E-state index contributed by atoms with van der Waals surface area (Å²) >= 11 is 3.36. The Morgan fingerprint density at radius 2 is 2.06 bits per heavy atom. The molecule has 1 fully saturated rings. The minimum Gasteiger partial charge on any atom is -0.433 e. The average Bonchev–Trinajstić information content (AvgIpc) is 2.28. The lowest BCUT2D eigenvalue weighted by molar-refractivity contribution is -0.219. The van der Waals surface area contributed by atoms with E-state index in [4.69, 9.17) is 4.74 Å². The van der Waals surface area contributed by atoms with Crippen LogP contribution in [-0.4, -0.2) is 16.9 Å². The van der Waals surface area contributed by atoms with Gasteiger partial charge in [-0.1, -0.05) is 34.5 Å². The van der Waals surface area contributed by atoms with Gasteiger partial charge in [0.1, 0.15) is 0 Å². The topological polar surface area (TPSA) is 46.5 Å². The molecule has 1 N–H and O–H groups in total. The standard InChI is InChI=1S/C14H17BrO3/c15-12-6-4-5-11(9-12)10-13(16)18-14(17)7-2-1-3-8-14/h4-6,9,17H,1-3,7-8,10H2. The predicted molar refractivity (Wildman–Crippen MR) is 72.0 cm³/mol. The summed E-state index contributed by atoms with van der Waals surface area (Å²) in [6.07, 6.45) is 4.24. The van der Waals surface area contributed by atoms with Gasteiger partial charge in [0.15, 0.2) is 0 Å². The molecule has 4 heteroatoms. The summed E-state index contributed by atoms with van der Waals surface area (Å²) in [6, 6.07) is 7.54. The molecule has 18 heavy (non-hydrogen) atoms. The maximum absolute atomic E-state index is 11.8. The van der Waals surface area contributed by atoms with Crippen molar-refractivity contribution in [3.05, 3.63) is 34.3 Å². The summed E-state index contributed by atoms with van der Waals surface area (Å²) in [5.41, 5.74) is 0.883. The number of aliphatic hydroxyl groups is 1. The van der Waals surface area contributed by atoms with Crippen LogP contribution in [0.2, 0.25) is 0 Å². The highest BCUT2D eigenvalue weighted by molar-refractivity contribution is 9.10. The second-order valence-electron chi connectivity index (χ2n) is 4.79. The molecule has 0 heterocycles. The summed E-state index contributed by atoms with van der Waals surface area (Å²) in [5, 5.41) is 10.1. The van der Waals surface area contributed by atoms with Crippen LogP contribution in [0.25, 0.3) is 0 Å². The number of benzene rings is 1. The van der Waals surface area contributed by atoms with Gasteiger partial charge in [-0.25, -0.2) is 0 Å². The van der Waals surface area contributed by atoms with Crippen LogP contribution in [0.5, 0.6) is 0 Å². The molecule has 98 valence electrons. The lowest BCUT2D eigenvalue weighted by Gasteiger charge is -2.31. The maximum Gasteiger partial charge on any atom is 0.312 e. The van der Waals surface area contributed by atoms with Crippen LogP contribution in [0.4, 0.5) is 0 Å². The molecule has 2 rings (SSSR count). The van der Waals surface area contributed by atoms with Gasteiger partial charge in [0.25, 0.3) is 0 Å². The third-order valence-corrected chi connectivity index (χ3v) is 3.67. The molecule has 0 aromatic heterocycles. The molecule has 1 aromatic carbocycles. The number of hydrogen-bond donors (Lipinski definition) is 1. The van der Waals surface area contributed by atoms with Crippen molar-refractivity contribution in [3.63, 3.8) is 0 Å². The summed E-state index contributed by atoms with van der Waals surface area (Å²) in [7, 11) is 0. The third-order valence-electron chi connectivity index (χ3n) is 3.18. The molecule has 0 radical (unpaired) electrons. The first kappa shape index (κ1) is 13.6. The van der Waals surface area contributed by atoms with E-state index in [0.29, 0.717) is 12.8 Å².